The minimum absolute atomic E-state index is 0.157. The first-order chi connectivity index (χ1) is 8.12. The van der Waals surface area contributed by atoms with Gasteiger partial charge < -0.3 is 5.32 Å². The molecule has 2 rings (SSSR count). The van der Waals surface area contributed by atoms with Crippen LogP contribution in [0.5, 0.6) is 0 Å². The van der Waals surface area contributed by atoms with Crippen LogP contribution in [-0.2, 0) is 11.2 Å². The highest BCUT2D eigenvalue weighted by Gasteiger charge is 2.34. The van der Waals surface area contributed by atoms with Gasteiger partial charge in [-0.25, -0.2) is 4.39 Å². The van der Waals surface area contributed by atoms with Crippen molar-refractivity contribution >= 4 is 5.78 Å². The van der Waals surface area contributed by atoms with Crippen molar-refractivity contribution in [2.75, 3.05) is 13.1 Å². The number of carbonyl (C=O) groups is 1. The monoisotopic (exact) mass is 235 g/mol. The lowest BCUT2D eigenvalue weighted by molar-refractivity contribution is -0.128. The van der Waals surface area contributed by atoms with Crippen LogP contribution in [0.25, 0.3) is 0 Å². The quantitative estimate of drug-likeness (QED) is 0.871. The second kappa shape index (κ2) is 4.96. The van der Waals surface area contributed by atoms with Gasteiger partial charge in [0.15, 0.2) is 0 Å². The Morgan fingerprint density at radius 1 is 1.35 bits per heavy atom. The molecule has 0 radical (unpaired) electrons. The van der Waals surface area contributed by atoms with Crippen LogP contribution in [0.2, 0.25) is 0 Å². The molecule has 1 aromatic carbocycles. The van der Waals surface area contributed by atoms with Gasteiger partial charge in [0, 0.05) is 11.8 Å². The summed E-state index contributed by atoms with van der Waals surface area (Å²) in [5.41, 5.74) is 0.227. The van der Waals surface area contributed by atoms with E-state index in [-0.39, 0.29) is 23.4 Å². The summed E-state index contributed by atoms with van der Waals surface area (Å²) in [7, 11) is 0. The van der Waals surface area contributed by atoms with Gasteiger partial charge in [0.2, 0.25) is 0 Å². The molecule has 0 aromatic heterocycles. The number of rotatable bonds is 3. The summed E-state index contributed by atoms with van der Waals surface area (Å²) in [6, 6.07) is 6.52. The Bertz CT molecular complexity index is 410. The fraction of sp³-hybridized carbons (Fsp3) is 0.500. The number of Topliss-reactive ketones (excluding diaryl/α,β-unsaturated/α-hetero) is 1. The molecule has 1 saturated heterocycles. The van der Waals surface area contributed by atoms with Gasteiger partial charge in [0.05, 0.1) is 0 Å². The minimum atomic E-state index is -0.284. The van der Waals surface area contributed by atoms with Gasteiger partial charge in [0.1, 0.15) is 11.6 Å². The zero-order valence-electron chi connectivity index (χ0n) is 10.1. The molecule has 92 valence electrons. The molecule has 0 unspecified atom stereocenters. The molecule has 1 aliphatic rings. The van der Waals surface area contributed by atoms with E-state index >= 15 is 0 Å². The van der Waals surface area contributed by atoms with Crippen LogP contribution < -0.4 is 5.32 Å². The van der Waals surface area contributed by atoms with Crippen molar-refractivity contribution in [3.8, 4) is 0 Å². The van der Waals surface area contributed by atoms with Crippen LogP contribution in [-0.4, -0.2) is 18.9 Å². The summed E-state index contributed by atoms with van der Waals surface area (Å²) in [5, 5.41) is 3.24. The first-order valence-electron chi connectivity index (χ1n) is 6.09. The summed E-state index contributed by atoms with van der Waals surface area (Å²) in [5.74, 6) is -0.123. The summed E-state index contributed by atoms with van der Waals surface area (Å²) >= 11 is 0. The SMILES string of the molecule is CC1(C(=O)Cc2ccccc2F)CCNCC1. The number of nitrogens with one attached hydrogen (secondary N) is 1. The zero-order chi connectivity index (χ0) is 12.3. The third-order valence-electron chi connectivity index (χ3n) is 3.69. The van der Waals surface area contributed by atoms with E-state index in [9.17, 15) is 9.18 Å². The average molecular weight is 235 g/mol. The van der Waals surface area contributed by atoms with Crippen molar-refractivity contribution in [3.05, 3.63) is 35.6 Å². The third kappa shape index (κ3) is 2.72. The van der Waals surface area contributed by atoms with Crippen LogP contribution in [0.15, 0.2) is 24.3 Å². The van der Waals surface area contributed by atoms with Crippen LogP contribution >= 0.6 is 0 Å². The lowest BCUT2D eigenvalue weighted by Crippen LogP contribution is -2.40. The van der Waals surface area contributed by atoms with E-state index in [1.165, 1.54) is 6.07 Å². The average Bonchev–Trinajstić information content (AvgIpc) is 2.33. The first-order valence-corrected chi connectivity index (χ1v) is 6.09. The molecule has 1 fully saturated rings. The van der Waals surface area contributed by atoms with Crippen molar-refractivity contribution in [1.82, 2.24) is 5.32 Å². The largest absolute Gasteiger partial charge is 0.317 e. The van der Waals surface area contributed by atoms with Crippen LogP contribution in [0.3, 0.4) is 0 Å². The van der Waals surface area contributed by atoms with E-state index in [1.54, 1.807) is 18.2 Å². The molecule has 1 aliphatic heterocycles. The molecule has 1 N–H and O–H groups in total. The fourth-order valence-corrected chi connectivity index (χ4v) is 2.29. The molecule has 0 saturated carbocycles. The molecule has 0 amide bonds. The molecule has 0 spiro atoms. The predicted octanol–water partition coefficient (Wildman–Crippen LogP) is 2.33. The highest BCUT2D eigenvalue weighted by Crippen LogP contribution is 2.30. The van der Waals surface area contributed by atoms with E-state index < -0.39 is 0 Å². The van der Waals surface area contributed by atoms with Crippen molar-refractivity contribution in [2.24, 2.45) is 5.41 Å². The van der Waals surface area contributed by atoms with Gasteiger partial charge in [-0.1, -0.05) is 25.1 Å². The Morgan fingerprint density at radius 3 is 2.65 bits per heavy atom. The Hall–Kier alpha value is -1.22. The number of ketones is 1. The molecule has 17 heavy (non-hydrogen) atoms. The van der Waals surface area contributed by atoms with E-state index in [0.717, 1.165) is 25.9 Å². The van der Waals surface area contributed by atoms with E-state index in [2.05, 4.69) is 5.32 Å². The van der Waals surface area contributed by atoms with E-state index in [1.807, 2.05) is 6.92 Å². The molecule has 0 aliphatic carbocycles. The van der Waals surface area contributed by atoms with E-state index in [4.69, 9.17) is 0 Å². The second-order valence-electron chi connectivity index (χ2n) is 5.00. The number of benzene rings is 1. The molecular formula is C14H18FNO. The maximum absolute atomic E-state index is 13.5. The highest BCUT2D eigenvalue weighted by molar-refractivity contribution is 5.86. The van der Waals surface area contributed by atoms with Crippen molar-refractivity contribution in [2.45, 2.75) is 26.2 Å². The molecular weight excluding hydrogens is 217 g/mol. The fourth-order valence-electron chi connectivity index (χ4n) is 2.29. The van der Waals surface area contributed by atoms with Crippen molar-refractivity contribution in [3.63, 3.8) is 0 Å². The van der Waals surface area contributed by atoms with Gasteiger partial charge in [-0.3, -0.25) is 4.79 Å². The number of carbonyl (C=O) groups excluding carboxylic acids is 1. The molecule has 3 heteroatoms. The molecule has 0 bridgehead atoms. The molecule has 1 aromatic rings. The highest BCUT2D eigenvalue weighted by atomic mass is 19.1. The number of piperidine rings is 1. The predicted molar refractivity (Wildman–Crippen MR) is 65.3 cm³/mol. The standard InChI is InChI=1S/C14H18FNO/c1-14(6-8-16-9-7-14)13(17)10-11-4-2-3-5-12(11)15/h2-5,16H,6-10H2,1H3. The van der Waals surface area contributed by atoms with Crippen molar-refractivity contribution < 1.29 is 9.18 Å². The topological polar surface area (TPSA) is 29.1 Å². The Kier molecular flexibility index (Phi) is 3.57. The van der Waals surface area contributed by atoms with Crippen LogP contribution in [0.4, 0.5) is 4.39 Å². The summed E-state index contributed by atoms with van der Waals surface area (Å²) in [6.45, 7) is 3.75. The minimum Gasteiger partial charge on any atom is -0.317 e. The van der Waals surface area contributed by atoms with Crippen LogP contribution in [0.1, 0.15) is 25.3 Å². The summed E-state index contributed by atoms with van der Waals surface area (Å²) < 4.78 is 13.5. The van der Waals surface area contributed by atoms with Gasteiger partial charge in [-0.2, -0.15) is 0 Å². The number of hydrogen-bond acceptors (Lipinski definition) is 2. The Morgan fingerprint density at radius 2 is 2.00 bits per heavy atom. The van der Waals surface area contributed by atoms with Gasteiger partial charge in [0.25, 0.3) is 0 Å². The molecule has 1 heterocycles. The molecule has 2 nitrogen and oxygen atoms in total. The number of halogens is 1. The lowest BCUT2D eigenvalue weighted by Gasteiger charge is -2.32. The second-order valence-corrected chi connectivity index (χ2v) is 5.00. The molecule has 0 atom stereocenters. The van der Waals surface area contributed by atoms with Gasteiger partial charge in [-0.15, -0.1) is 0 Å². The maximum Gasteiger partial charge on any atom is 0.143 e. The lowest BCUT2D eigenvalue weighted by atomic mass is 9.75. The summed E-state index contributed by atoms with van der Waals surface area (Å²) in [4.78, 5) is 12.2. The Balaban J connectivity index is 2.08. The van der Waals surface area contributed by atoms with Gasteiger partial charge >= 0.3 is 0 Å². The van der Waals surface area contributed by atoms with E-state index in [0.29, 0.717) is 5.56 Å². The third-order valence-corrected chi connectivity index (χ3v) is 3.69. The smallest absolute Gasteiger partial charge is 0.143 e. The van der Waals surface area contributed by atoms with Crippen molar-refractivity contribution in [1.29, 1.82) is 0 Å². The van der Waals surface area contributed by atoms with Gasteiger partial charge in [-0.05, 0) is 37.6 Å². The zero-order valence-corrected chi connectivity index (χ0v) is 10.1. The Labute approximate surface area is 101 Å². The maximum atomic E-state index is 13.5. The number of hydrogen-bond donors (Lipinski definition) is 1. The first kappa shape index (κ1) is 12.2. The summed E-state index contributed by atoms with van der Waals surface area (Å²) in [6.07, 6.45) is 1.91. The van der Waals surface area contributed by atoms with Crippen LogP contribution in [0, 0.1) is 11.2 Å². The normalized spacial score (nSPS) is 18.9.